The zero-order valence-corrected chi connectivity index (χ0v) is 18.2. The Bertz CT molecular complexity index is 1230. The number of hydrogen-bond acceptors (Lipinski definition) is 4. The van der Waals surface area contributed by atoms with Crippen LogP contribution in [0.2, 0.25) is 5.02 Å². The van der Waals surface area contributed by atoms with Crippen molar-refractivity contribution in [3.63, 3.8) is 0 Å². The molecule has 0 radical (unpaired) electrons. The maximum atomic E-state index is 12.5. The zero-order chi connectivity index (χ0) is 21.1. The van der Waals surface area contributed by atoms with Crippen LogP contribution in [0.25, 0.3) is 28.6 Å². The summed E-state index contributed by atoms with van der Waals surface area (Å²) in [7, 11) is 1.58. The smallest absolute Gasteiger partial charge is 0.248 e. The number of fused-ring (bicyclic) bond motifs is 1. The summed E-state index contributed by atoms with van der Waals surface area (Å²) in [5.74, 6) is 0.796. The van der Waals surface area contributed by atoms with E-state index >= 15 is 0 Å². The van der Waals surface area contributed by atoms with Crippen LogP contribution in [0.5, 0.6) is 5.75 Å². The molecule has 0 aliphatic carbocycles. The number of carbonyl (C=O) groups excluding carboxylic acids is 1. The molecule has 150 valence electrons. The minimum atomic E-state index is -0.325. The van der Waals surface area contributed by atoms with Crippen molar-refractivity contribution in [1.82, 2.24) is 4.98 Å². The highest BCUT2D eigenvalue weighted by Gasteiger charge is 2.11. The molecule has 0 fully saturated rings. The van der Waals surface area contributed by atoms with Gasteiger partial charge in [-0.25, -0.2) is 4.98 Å². The molecule has 0 aliphatic rings. The number of amides is 1. The Morgan fingerprint density at radius 1 is 1.17 bits per heavy atom. The number of anilines is 1. The van der Waals surface area contributed by atoms with Gasteiger partial charge in [-0.3, -0.25) is 4.79 Å². The molecular formula is C23H16BrClN2O3. The third-order valence-electron chi connectivity index (χ3n) is 4.37. The number of ether oxygens (including phenoxy) is 1. The molecule has 30 heavy (non-hydrogen) atoms. The number of rotatable bonds is 5. The predicted octanol–water partition coefficient (Wildman–Crippen LogP) is 6.57. The van der Waals surface area contributed by atoms with Gasteiger partial charge in [0.25, 0.3) is 0 Å². The molecule has 7 heteroatoms. The number of oxazole rings is 1. The van der Waals surface area contributed by atoms with Gasteiger partial charge < -0.3 is 14.5 Å². The fourth-order valence-corrected chi connectivity index (χ4v) is 3.47. The summed E-state index contributed by atoms with van der Waals surface area (Å²) in [6.07, 6.45) is 3.10. The molecule has 0 saturated heterocycles. The molecule has 4 aromatic rings. The first-order valence-corrected chi connectivity index (χ1v) is 10.2. The van der Waals surface area contributed by atoms with E-state index in [9.17, 15) is 4.79 Å². The van der Waals surface area contributed by atoms with E-state index in [1.165, 1.54) is 6.08 Å². The van der Waals surface area contributed by atoms with Gasteiger partial charge >= 0.3 is 0 Å². The van der Waals surface area contributed by atoms with E-state index in [0.717, 1.165) is 15.6 Å². The second-order valence-electron chi connectivity index (χ2n) is 6.39. The number of nitrogens with one attached hydrogen (secondary N) is 1. The second kappa shape index (κ2) is 8.73. The topological polar surface area (TPSA) is 64.4 Å². The van der Waals surface area contributed by atoms with Crippen molar-refractivity contribution >= 4 is 56.3 Å². The fraction of sp³-hybridized carbons (Fsp3) is 0.0435. The molecular weight excluding hydrogens is 468 g/mol. The lowest BCUT2D eigenvalue weighted by molar-refractivity contribution is -0.111. The number of hydrogen-bond donors (Lipinski definition) is 1. The average molecular weight is 484 g/mol. The van der Waals surface area contributed by atoms with Gasteiger partial charge in [-0.2, -0.15) is 0 Å². The van der Waals surface area contributed by atoms with Crippen molar-refractivity contribution in [2.75, 3.05) is 12.4 Å². The van der Waals surface area contributed by atoms with E-state index in [1.807, 2.05) is 42.5 Å². The minimum Gasteiger partial charge on any atom is -0.496 e. The molecule has 0 saturated carbocycles. The highest BCUT2D eigenvalue weighted by Crippen LogP contribution is 2.30. The molecule has 0 atom stereocenters. The monoisotopic (exact) mass is 482 g/mol. The Morgan fingerprint density at radius 2 is 2.00 bits per heavy atom. The number of nitrogens with zero attached hydrogens (tertiary/aromatic N) is 1. The average Bonchev–Trinajstić information content (AvgIpc) is 3.18. The molecule has 5 nitrogen and oxygen atoms in total. The van der Waals surface area contributed by atoms with Crippen molar-refractivity contribution < 1.29 is 13.9 Å². The summed E-state index contributed by atoms with van der Waals surface area (Å²) in [6.45, 7) is 0. The Labute approximate surface area is 186 Å². The van der Waals surface area contributed by atoms with Crippen molar-refractivity contribution in [3.05, 3.63) is 81.8 Å². The van der Waals surface area contributed by atoms with Crippen LogP contribution in [0.4, 0.5) is 5.69 Å². The number of para-hydroxylation sites is 2. The molecule has 0 spiro atoms. The highest BCUT2D eigenvalue weighted by molar-refractivity contribution is 9.10. The SMILES string of the molecule is COc1ccc(Br)cc1/C=C/C(=O)Nc1cc(-c2nc3ccccc3o2)ccc1Cl. The quantitative estimate of drug-likeness (QED) is 0.326. The Morgan fingerprint density at radius 3 is 2.80 bits per heavy atom. The third-order valence-corrected chi connectivity index (χ3v) is 5.19. The van der Waals surface area contributed by atoms with Crippen molar-refractivity contribution in [3.8, 4) is 17.2 Å². The van der Waals surface area contributed by atoms with Crippen LogP contribution < -0.4 is 10.1 Å². The number of halogens is 2. The van der Waals surface area contributed by atoms with Crippen molar-refractivity contribution in [2.24, 2.45) is 0 Å². The van der Waals surface area contributed by atoms with E-state index in [4.69, 9.17) is 20.8 Å². The van der Waals surface area contributed by atoms with Gasteiger partial charge in [0, 0.05) is 21.7 Å². The zero-order valence-electron chi connectivity index (χ0n) is 15.9. The van der Waals surface area contributed by atoms with E-state index < -0.39 is 0 Å². The Kier molecular flexibility index (Phi) is 5.88. The molecule has 1 aromatic heterocycles. The standard InChI is InChI=1S/C23H16BrClN2O3/c1-29-20-10-8-16(24)12-14(20)7-11-22(28)26-19-13-15(6-9-17(19)25)23-27-18-4-2-3-5-21(18)30-23/h2-13H,1H3,(H,26,28)/b11-7+. The second-order valence-corrected chi connectivity index (χ2v) is 7.71. The highest BCUT2D eigenvalue weighted by atomic mass is 79.9. The van der Waals surface area contributed by atoms with Gasteiger partial charge in [0.2, 0.25) is 11.8 Å². The lowest BCUT2D eigenvalue weighted by atomic mass is 10.1. The van der Waals surface area contributed by atoms with Crippen LogP contribution in [-0.4, -0.2) is 18.0 Å². The lowest BCUT2D eigenvalue weighted by Gasteiger charge is -2.07. The van der Waals surface area contributed by atoms with E-state index in [-0.39, 0.29) is 5.91 Å². The van der Waals surface area contributed by atoms with Gasteiger partial charge in [0.05, 0.1) is 17.8 Å². The summed E-state index contributed by atoms with van der Waals surface area (Å²) in [5, 5.41) is 3.21. The lowest BCUT2D eigenvalue weighted by Crippen LogP contribution is -2.08. The molecule has 4 rings (SSSR count). The van der Waals surface area contributed by atoms with E-state index in [1.54, 1.807) is 31.4 Å². The van der Waals surface area contributed by atoms with Crippen LogP contribution in [0.15, 0.2) is 75.6 Å². The van der Waals surface area contributed by atoms with Crippen LogP contribution in [0, 0.1) is 0 Å². The van der Waals surface area contributed by atoms with Crippen LogP contribution in [0.1, 0.15) is 5.56 Å². The van der Waals surface area contributed by atoms with E-state index in [2.05, 4.69) is 26.2 Å². The molecule has 1 heterocycles. The van der Waals surface area contributed by atoms with Gasteiger partial charge in [0.1, 0.15) is 11.3 Å². The minimum absolute atomic E-state index is 0.325. The third kappa shape index (κ3) is 4.40. The van der Waals surface area contributed by atoms with Crippen molar-refractivity contribution in [2.45, 2.75) is 0 Å². The summed E-state index contributed by atoms with van der Waals surface area (Å²) in [5.41, 5.74) is 3.40. The molecule has 1 amide bonds. The number of aromatic nitrogens is 1. The van der Waals surface area contributed by atoms with Crippen LogP contribution >= 0.6 is 27.5 Å². The van der Waals surface area contributed by atoms with Crippen LogP contribution in [-0.2, 0) is 4.79 Å². The summed E-state index contributed by atoms with van der Waals surface area (Å²) >= 11 is 9.69. The molecule has 0 unspecified atom stereocenters. The van der Waals surface area contributed by atoms with E-state index in [0.29, 0.717) is 33.5 Å². The number of methoxy groups -OCH3 is 1. The molecule has 3 aromatic carbocycles. The Balaban J connectivity index is 1.56. The summed E-state index contributed by atoms with van der Waals surface area (Å²) in [6, 6.07) is 18.3. The predicted molar refractivity (Wildman–Crippen MR) is 123 cm³/mol. The Hall–Kier alpha value is -3.09. The first-order valence-electron chi connectivity index (χ1n) is 9.01. The molecule has 0 bridgehead atoms. The fourth-order valence-electron chi connectivity index (χ4n) is 2.93. The summed E-state index contributed by atoms with van der Waals surface area (Å²) < 4.78 is 12.0. The van der Waals surface area contributed by atoms with Gasteiger partial charge in [-0.1, -0.05) is 39.7 Å². The number of benzene rings is 3. The normalized spacial score (nSPS) is 11.2. The van der Waals surface area contributed by atoms with Gasteiger partial charge in [-0.15, -0.1) is 0 Å². The largest absolute Gasteiger partial charge is 0.496 e. The van der Waals surface area contributed by atoms with Crippen LogP contribution in [0.3, 0.4) is 0 Å². The first kappa shape index (κ1) is 20.2. The number of carbonyl (C=O) groups is 1. The summed E-state index contributed by atoms with van der Waals surface area (Å²) in [4.78, 5) is 16.9. The first-order chi connectivity index (χ1) is 14.5. The van der Waals surface area contributed by atoms with Gasteiger partial charge in [-0.05, 0) is 54.6 Å². The maximum absolute atomic E-state index is 12.5. The van der Waals surface area contributed by atoms with Crippen molar-refractivity contribution in [1.29, 1.82) is 0 Å². The molecule has 1 N–H and O–H groups in total. The van der Waals surface area contributed by atoms with Gasteiger partial charge in [0.15, 0.2) is 5.58 Å². The molecule has 0 aliphatic heterocycles. The maximum Gasteiger partial charge on any atom is 0.248 e.